The number of anilines is 1. The second-order valence-corrected chi connectivity index (χ2v) is 8.72. The van der Waals surface area contributed by atoms with Gasteiger partial charge in [-0.3, -0.25) is 9.59 Å². The summed E-state index contributed by atoms with van der Waals surface area (Å²) in [4.78, 5) is 26.5. The van der Waals surface area contributed by atoms with Gasteiger partial charge in [-0.2, -0.15) is 0 Å². The molecule has 0 amide bonds. The van der Waals surface area contributed by atoms with Gasteiger partial charge in [0.1, 0.15) is 19.0 Å². The van der Waals surface area contributed by atoms with Crippen LogP contribution in [0.4, 0.5) is 5.69 Å². The highest BCUT2D eigenvalue weighted by molar-refractivity contribution is 5.86. The number of hydrogen-bond acceptors (Lipinski definition) is 6. The van der Waals surface area contributed by atoms with Crippen molar-refractivity contribution in [2.75, 3.05) is 25.6 Å². The van der Waals surface area contributed by atoms with Gasteiger partial charge in [0.2, 0.25) is 0 Å². The number of ketones is 1. The third-order valence-electron chi connectivity index (χ3n) is 6.27. The molecule has 1 N–H and O–H groups in total. The lowest BCUT2D eigenvalue weighted by Gasteiger charge is -2.21. The number of nitrogens with zero attached hydrogens (tertiary/aromatic N) is 1. The van der Waals surface area contributed by atoms with Gasteiger partial charge in [-0.1, -0.05) is 30.3 Å². The Kier molecular flexibility index (Phi) is 6.89. The number of Topliss-reactive ketones (excluding diaryl/α,β-unsaturated/α-hetero) is 1. The average molecular weight is 485 g/mol. The summed E-state index contributed by atoms with van der Waals surface area (Å²) in [6.45, 7) is 1.23. The van der Waals surface area contributed by atoms with Crippen molar-refractivity contribution >= 4 is 22.4 Å². The van der Waals surface area contributed by atoms with Crippen LogP contribution in [0.2, 0.25) is 0 Å². The number of aromatic nitrogens is 1. The lowest BCUT2D eigenvalue weighted by Crippen LogP contribution is -2.29. The number of carbonyl (C=O) groups excluding carboxylic acids is 1. The summed E-state index contributed by atoms with van der Waals surface area (Å²) in [5, 5.41) is 4.12. The van der Waals surface area contributed by atoms with Gasteiger partial charge in [0, 0.05) is 35.7 Å². The van der Waals surface area contributed by atoms with Crippen LogP contribution >= 0.6 is 0 Å². The number of rotatable bonds is 9. The number of fused-ring (bicyclic) bond motifs is 2. The monoisotopic (exact) mass is 484 g/mol. The molecule has 0 saturated carbocycles. The topological polar surface area (TPSA) is 78.8 Å². The molecule has 0 spiro atoms. The Morgan fingerprint density at radius 2 is 1.69 bits per heavy atom. The Bertz CT molecular complexity index is 1430. The zero-order valence-corrected chi connectivity index (χ0v) is 20.2. The number of methoxy groups -OCH3 is 1. The van der Waals surface area contributed by atoms with Crippen LogP contribution in [0.5, 0.6) is 17.2 Å². The number of hydrogen-bond donors (Lipinski definition) is 1. The summed E-state index contributed by atoms with van der Waals surface area (Å²) >= 11 is 0. The maximum absolute atomic E-state index is 13.6. The van der Waals surface area contributed by atoms with Crippen LogP contribution in [-0.4, -0.2) is 30.7 Å². The van der Waals surface area contributed by atoms with Gasteiger partial charge >= 0.3 is 0 Å². The van der Waals surface area contributed by atoms with Crippen LogP contribution < -0.4 is 25.1 Å². The van der Waals surface area contributed by atoms with Gasteiger partial charge in [-0.25, -0.2) is 0 Å². The van der Waals surface area contributed by atoms with Crippen molar-refractivity contribution in [1.29, 1.82) is 0 Å². The Morgan fingerprint density at radius 3 is 2.42 bits per heavy atom. The molecule has 184 valence electrons. The highest BCUT2D eigenvalue weighted by Gasteiger charge is 2.18. The van der Waals surface area contributed by atoms with Crippen LogP contribution in [0.3, 0.4) is 0 Å². The molecule has 2 heterocycles. The molecule has 36 heavy (non-hydrogen) atoms. The van der Waals surface area contributed by atoms with Crippen LogP contribution in [-0.2, 0) is 24.3 Å². The van der Waals surface area contributed by atoms with E-state index in [-0.39, 0.29) is 17.9 Å². The molecule has 0 radical (unpaired) electrons. The number of nitrogens with one attached hydrogen (secondary N) is 1. The molecule has 0 atom stereocenters. The molecule has 0 aliphatic carbocycles. The first-order chi connectivity index (χ1) is 17.6. The minimum Gasteiger partial charge on any atom is -0.497 e. The summed E-state index contributed by atoms with van der Waals surface area (Å²) in [5.74, 6) is 1.98. The van der Waals surface area contributed by atoms with E-state index in [1.807, 2.05) is 66.7 Å². The van der Waals surface area contributed by atoms with Gasteiger partial charge in [0.05, 0.1) is 19.2 Å². The van der Waals surface area contributed by atoms with E-state index < -0.39 is 0 Å². The van der Waals surface area contributed by atoms with Crippen molar-refractivity contribution < 1.29 is 19.0 Å². The molecular formula is C29H28N2O5. The fraction of sp³-hybridized carbons (Fsp3) is 0.241. The standard InChI is InChI=1S/C29H28N2O5/c1-34-25-11-8-23(9-12-25)30-18-22-15-21-16-27-28(36-14-13-35-27)17-26(21)31(29(22)33)19-24(32)10-7-20-5-3-2-4-6-20/h2-6,8-9,11-12,15-17,30H,7,10,13-14,18-19H2,1H3. The fourth-order valence-corrected chi connectivity index (χ4v) is 4.35. The maximum Gasteiger partial charge on any atom is 0.256 e. The van der Waals surface area contributed by atoms with E-state index in [1.54, 1.807) is 17.7 Å². The second kappa shape index (κ2) is 10.6. The third kappa shape index (κ3) is 5.20. The SMILES string of the molecule is COc1ccc(NCc2cc3cc4c(cc3n(CC(=O)CCc3ccccc3)c2=O)OCCO4)cc1. The number of pyridine rings is 1. The largest absolute Gasteiger partial charge is 0.497 e. The molecule has 3 aromatic carbocycles. The van der Waals surface area contributed by atoms with Crippen LogP contribution in [0, 0.1) is 0 Å². The van der Waals surface area contributed by atoms with Crippen molar-refractivity contribution in [3.8, 4) is 17.2 Å². The van der Waals surface area contributed by atoms with Crippen molar-refractivity contribution in [1.82, 2.24) is 4.57 Å². The van der Waals surface area contributed by atoms with Crippen molar-refractivity contribution in [3.63, 3.8) is 0 Å². The molecule has 0 bridgehead atoms. The smallest absolute Gasteiger partial charge is 0.256 e. The highest BCUT2D eigenvalue weighted by Crippen LogP contribution is 2.34. The summed E-state index contributed by atoms with van der Waals surface area (Å²) < 4.78 is 18.3. The van der Waals surface area contributed by atoms with Gasteiger partial charge < -0.3 is 24.1 Å². The number of carbonyl (C=O) groups is 1. The van der Waals surface area contributed by atoms with Crippen molar-refractivity contribution in [2.24, 2.45) is 0 Å². The van der Waals surface area contributed by atoms with E-state index >= 15 is 0 Å². The molecular weight excluding hydrogens is 456 g/mol. The first kappa shape index (κ1) is 23.5. The molecule has 1 aromatic heterocycles. The van der Waals surface area contributed by atoms with Crippen LogP contribution in [0.15, 0.2) is 77.6 Å². The molecule has 7 heteroatoms. The van der Waals surface area contributed by atoms with Gasteiger partial charge in [-0.05, 0) is 48.4 Å². The van der Waals surface area contributed by atoms with Gasteiger partial charge in [0.15, 0.2) is 17.3 Å². The lowest BCUT2D eigenvalue weighted by molar-refractivity contribution is -0.119. The minimum absolute atomic E-state index is 0.00180. The maximum atomic E-state index is 13.6. The molecule has 0 unspecified atom stereocenters. The first-order valence-electron chi connectivity index (χ1n) is 12.0. The zero-order valence-electron chi connectivity index (χ0n) is 20.2. The molecule has 0 saturated heterocycles. The summed E-state index contributed by atoms with van der Waals surface area (Å²) in [6, 6.07) is 22.9. The van der Waals surface area contributed by atoms with Gasteiger partial charge in [0.25, 0.3) is 5.56 Å². The zero-order chi connectivity index (χ0) is 24.9. The number of benzene rings is 3. The Morgan fingerprint density at radius 1 is 0.972 bits per heavy atom. The highest BCUT2D eigenvalue weighted by atomic mass is 16.6. The molecule has 0 fully saturated rings. The summed E-state index contributed by atoms with van der Waals surface area (Å²) in [7, 11) is 1.62. The molecule has 5 rings (SSSR count). The first-order valence-corrected chi connectivity index (χ1v) is 12.0. The molecule has 7 nitrogen and oxygen atoms in total. The Balaban J connectivity index is 1.45. The van der Waals surface area contributed by atoms with Crippen molar-refractivity contribution in [3.05, 3.63) is 94.3 Å². The van der Waals surface area contributed by atoms with E-state index in [0.29, 0.717) is 55.2 Å². The number of aryl methyl sites for hydroxylation is 1. The van der Waals surface area contributed by atoms with E-state index in [2.05, 4.69) is 5.32 Å². The Labute approximate surface area is 209 Å². The van der Waals surface area contributed by atoms with Gasteiger partial charge in [-0.15, -0.1) is 0 Å². The predicted molar refractivity (Wildman–Crippen MR) is 139 cm³/mol. The second-order valence-electron chi connectivity index (χ2n) is 8.72. The molecule has 1 aliphatic heterocycles. The normalized spacial score (nSPS) is 12.4. The van der Waals surface area contributed by atoms with E-state index in [0.717, 1.165) is 22.4 Å². The summed E-state index contributed by atoms with van der Waals surface area (Å²) in [6.07, 6.45) is 0.994. The minimum atomic E-state index is -0.201. The number of ether oxygens (including phenoxy) is 3. The van der Waals surface area contributed by atoms with Crippen LogP contribution in [0.25, 0.3) is 10.9 Å². The quantitative estimate of drug-likeness (QED) is 0.374. The third-order valence-corrected chi connectivity index (χ3v) is 6.27. The molecule has 4 aromatic rings. The Hall–Kier alpha value is -4.26. The lowest BCUT2D eigenvalue weighted by atomic mass is 10.1. The van der Waals surface area contributed by atoms with Crippen LogP contribution in [0.1, 0.15) is 17.5 Å². The molecule has 1 aliphatic rings. The average Bonchev–Trinajstić information content (AvgIpc) is 2.92. The fourth-order valence-electron chi connectivity index (χ4n) is 4.35. The van der Waals surface area contributed by atoms with E-state index in [1.165, 1.54) is 0 Å². The predicted octanol–water partition coefficient (Wildman–Crippen LogP) is 4.60. The van der Waals surface area contributed by atoms with E-state index in [9.17, 15) is 9.59 Å². The summed E-state index contributed by atoms with van der Waals surface area (Å²) in [5.41, 5.74) is 2.98. The van der Waals surface area contributed by atoms with E-state index in [4.69, 9.17) is 14.2 Å². The van der Waals surface area contributed by atoms with Crippen molar-refractivity contribution in [2.45, 2.75) is 25.9 Å².